The number of phenols is 2. The van der Waals surface area contributed by atoms with Crippen LogP contribution in [0.4, 0.5) is 14.9 Å². The summed E-state index contributed by atoms with van der Waals surface area (Å²) < 4.78 is 29.4. The van der Waals surface area contributed by atoms with Crippen molar-refractivity contribution in [1.29, 1.82) is 5.26 Å². The molecule has 17 nitrogen and oxygen atoms in total. The van der Waals surface area contributed by atoms with Crippen LogP contribution in [0.3, 0.4) is 0 Å². The minimum Gasteiger partial charge on any atom is -0.504 e. The number of phenolic OH excluding ortho intramolecular Hbond substituents is 2. The molecule has 6 N–H and O–H groups in total. The molecule has 0 aliphatic carbocycles. The summed E-state index contributed by atoms with van der Waals surface area (Å²) in [4.78, 5) is 63.2. The number of carbonyl (C=O) groups is 4. The Hall–Kier alpha value is -5.70. The first kappa shape index (κ1) is 39.5. The number of aliphatic hydroxyl groups excluding tert-OH is 1. The van der Waals surface area contributed by atoms with Gasteiger partial charge < -0.3 is 45.5 Å². The molecule has 266 valence electrons. The summed E-state index contributed by atoms with van der Waals surface area (Å²) in [5, 5.41) is 59.1. The number of aliphatic hydroxyl groups is 1. The fraction of sp³-hybridized carbons (Fsp3) is 0.452. The van der Waals surface area contributed by atoms with Gasteiger partial charge in [-0.15, -0.1) is 0 Å². The smallest absolute Gasteiger partial charge is 0.408 e. The lowest BCUT2D eigenvalue weighted by molar-refractivity contribution is -0.387. The van der Waals surface area contributed by atoms with Gasteiger partial charge in [0.25, 0.3) is 0 Å². The molecule has 4 atom stereocenters. The van der Waals surface area contributed by atoms with Gasteiger partial charge in [-0.3, -0.25) is 19.7 Å². The van der Waals surface area contributed by atoms with Crippen LogP contribution >= 0.6 is 0 Å². The molecule has 0 aliphatic heterocycles. The molecule has 0 saturated heterocycles. The van der Waals surface area contributed by atoms with Crippen LogP contribution in [0.1, 0.15) is 71.2 Å². The third kappa shape index (κ3) is 11.2. The molecule has 0 bridgehead atoms. The number of nitrogens with zero attached hydrogens (tertiary/aromatic N) is 2. The van der Waals surface area contributed by atoms with Gasteiger partial charge in [-0.2, -0.15) is 9.65 Å². The fourth-order valence-corrected chi connectivity index (χ4v) is 4.21. The van der Waals surface area contributed by atoms with Crippen molar-refractivity contribution >= 4 is 29.6 Å². The van der Waals surface area contributed by atoms with Crippen molar-refractivity contribution < 1.29 is 58.0 Å². The molecule has 2 rings (SSSR count). The zero-order chi connectivity index (χ0) is 37.4. The van der Waals surface area contributed by atoms with Crippen molar-refractivity contribution in [3.05, 3.63) is 57.4 Å². The van der Waals surface area contributed by atoms with E-state index >= 15 is 0 Å². The van der Waals surface area contributed by atoms with Crippen LogP contribution in [0.5, 0.6) is 17.2 Å². The Bertz CT molecular complexity index is 1610. The van der Waals surface area contributed by atoms with Gasteiger partial charge in [-0.05, 0) is 70.9 Å². The van der Waals surface area contributed by atoms with Gasteiger partial charge in [0.1, 0.15) is 29.4 Å². The molecule has 0 unspecified atom stereocenters. The van der Waals surface area contributed by atoms with E-state index in [4.69, 9.17) is 14.2 Å². The zero-order valence-electron chi connectivity index (χ0n) is 27.7. The van der Waals surface area contributed by atoms with Crippen LogP contribution in [0.2, 0.25) is 0 Å². The molecule has 0 spiro atoms. The van der Waals surface area contributed by atoms with Gasteiger partial charge in [0, 0.05) is 6.07 Å². The number of hydrogen-bond acceptors (Lipinski definition) is 13. The first-order chi connectivity index (χ1) is 22.6. The van der Waals surface area contributed by atoms with E-state index in [1.54, 1.807) is 6.07 Å². The maximum Gasteiger partial charge on any atom is 0.408 e. The second kappa shape index (κ2) is 15.9. The van der Waals surface area contributed by atoms with Crippen molar-refractivity contribution in [3.8, 4) is 23.3 Å². The number of esters is 1. The molecule has 0 saturated carbocycles. The Morgan fingerprint density at radius 1 is 0.939 bits per heavy atom. The van der Waals surface area contributed by atoms with Gasteiger partial charge >= 0.3 is 17.7 Å². The Morgan fingerprint density at radius 3 is 2.00 bits per heavy atom. The summed E-state index contributed by atoms with van der Waals surface area (Å²) in [7, 11) is 1.16. The predicted molar refractivity (Wildman–Crippen MR) is 166 cm³/mol. The van der Waals surface area contributed by atoms with Gasteiger partial charge in [0.2, 0.25) is 23.4 Å². The minimum atomic E-state index is -2.09. The molecular weight excluding hydrogens is 653 g/mol. The molecule has 0 fully saturated rings. The third-order valence-corrected chi connectivity index (χ3v) is 6.25. The number of halogens is 1. The molecule has 49 heavy (non-hydrogen) atoms. The fourth-order valence-electron chi connectivity index (χ4n) is 4.21. The van der Waals surface area contributed by atoms with Gasteiger partial charge in [0.15, 0.2) is 17.5 Å². The average molecular weight is 692 g/mol. The van der Waals surface area contributed by atoms with E-state index in [0.717, 1.165) is 25.3 Å². The first-order valence-corrected chi connectivity index (χ1v) is 14.5. The second-order valence-electron chi connectivity index (χ2n) is 12.5. The van der Waals surface area contributed by atoms with Crippen molar-refractivity contribution in [3.63, 3.8) is 0 Å². The minimum absolute atomic E-state index is 0.182. The number of amides is 3. The van der Waals surface area contributed by atoms with Crippen LogP contribution in [-0.2, 0) is 23.9 Å². The standard InChI is InChI=1S/C31H38FN5O12/c1-30(2,3)48-28(43)22(16-13-20(38)25(47-7)21(39)14-16)35-26(41)18(10-11-33)34-27(42)23(36-29(44)49-31(4,5)6)24(40)15-8-9-17(32)19(12-15)37(45)46/h8-9,12-14,18,22-24,38-40H,10H2,1-7H3,(H,34,42)(H,35,41)(H,36,44)/t18-,22+,23-,24+/m0/s1. The number of carbonyl (C=O) groups excluding carboxylic acids is 4. The van der Waals surface area contributed by atoms with E-state index in [2.05, 4.69) is 16.0 Å². The van der Waals surface area contributed by atoms with E-state index in [-0.39, 0.29) is 16.9 Å². The SMILES string of the molecule is COc1c(O)cc([C@@H](NC(=O)[C@H](CC#N)NC(=O)[C@@H](NC(=O)OC(C)(C)C)[C@H](O)c2ccc(F)c([N+](=O)[O-])c2)C(=O)OC(C)(C)C)cc1O. The zero-order valence-corrected chi connectivity index (χ0v) is 27.7. The normalized spacial score (nSPS) is 13.8. The Balaban J connectivity index is 2.51. The lowest BCUT2D eigenvalue weighted by Crippen LogP contribution is -2.56. The molecule has 0 radical (unpaired) electrons. The van der Waals surface area contributed by atoms with E-state index in [0.29, 0.717) is 12.1 Å². The van der Waals surface area contributed by atoms with E-state index in [9.17, 15) is 54.3 Å². The average Bonchev–Trinajstić information content (AvgIpc) is 2.96. The molecular formula is C31H38FN5O12. The second-order valence-corrected chi connectivity index (χ2v) is 12.5. The first-order valence-electron chi connectivity index (χ1n) is 14.5. The molecule has 3 amide bonds. The number of methoxy groups -OCH3 is 1. The topological polar surface area (TPSA) is 260 Å². The number of hydrogen-bond donors (Lipinski definition) is 6. The number of alkyl carbamates (subject to hydrolysis) is 1. The number of nitriles is 1. The van der Waals surface area contributed by atoms with Crippen molar-refractivity contribution in [2.75, 3.05) is 7.11 Å². The van der Waals surface area contributed by atoms with E-state index in [1.807, 2.05) is 0 Å². The molecule has 2 aromatic carbocycles. The van der Waals surface area contributed by atoms with Crippen LogP contribution in [0.25, 0.3) is 0 Å². The van der Waals surface area contributed by atoms with E-state index < -0.39 is 93.7 Å². The van der Waals surface area contributed by atoms with Gasteiger partial charge in [0.05, 0.1) is 24.5 Å². The van der Waals surface area contributed by atoms with Crippen molar-refractivity contribution in [1.82, 2.24) is 16.0 Å². The summed E-state index contributed by atoms with van der Waals surface area (Å²) >= 11 is 0. The van der Waals surface area contributed by atoms with Crippen LogP contribution in [0, 0.1) is 27.3 Å². The van der Waals surface area contributed by atoms with Crippen LogP contribution in [-0.4, -0.2) is 74.5 Å². The van der Waals surface area contributed by atoms with E-state index in [1.165, 1.54) is 41.5 Å². The van der Waals surface area contributed by atoms with Gasteiger partial charge in [-0.1, -0.05) is 6.07 Å². The highest BCUT2D eigenvalue weighted by Gasteiger charge is 2.37. The third-order valence-electron chi connectivity index (χ3n) is 6.25. The molecule has 0 aliphatic rings. The van der Waals surface area contributed by atoms with Crippen LogP contribution < -0.4 is 20.7 Å². The Labute approximate surface area is 280 Å². The molecule has 2 aromatic rings. The number of rotatable bonds is 12. The lowest BCUT2D eigenvalue weighted by Gasteiger charge is -2.28. The van der Waals surface area contributed by atoms with Crippen molar-refractivity contribution in [2.24, 2.45) is 0 Å². The number of ether oxygens (including phenoxy) is 3. The van der Waals surface area contributed by atoms with Crippen LogP contribution in [0.15, 0.2) is 30.3 Å². The highest BCUT2D eigenvalue weighted by molar-refractivity contribution is 5.94. The number of nitrogens with one attached hydrogen (secondary N) is 3. The molecule has 18 heteroatoms. The highest BCUT2D eigenvalue weighted by atomic mass is 19.1. The predicted octanol–water partition coefficient (Wildman–Crippen LogP) is 2.68. The number of nitro benzene ring substituents is 1. The highest BCUT2D eigenvalue weighted by Crippen LogP contribution is 2.38. The van der Waals surface area contributed by atoms with Crippen molar-refractivity contribution in [2.45, 2.75) is 83.4 Å². The molecule has 0 heterocycles. The Kier molecular flexibility index (Phi) is 12.8. The number of aromatic hydroxyl groups is 2. The monoisotopic (exact) mass is 691 g/mol. The largest absolute Gasteiger partial charge is 0.504 e. The maximum absolute atomic E-state index is 14.0. The maximum atomic E-state index is 14.0. The molecule has 0 aromatic heterocycles. The number of benzene rings is 2. The Morgan fingerprint density at radius 2 is 1.51 bits per heavy atom. The summed E-state index contributed by atoms with van der Waals surface area (Å²) in [6, 6.07) is 0.382. The summed E-state index contributed by atoms with van der Waals surface area (Å²) in [5.41, 5.74) is -3.77. The quantitative estimate of drug-likeness (QED) is 0.106. The summed E-state index contributed by atoms with van der Waals surface area (Å²) in [6.45, 7) is 9.09. The number of nitro groups is 1. The summed E-state index contributed by atoms with van der Waals surface area (Å²) in [6.07, 6.45) is -4.04. The lowest BCUT2D eigenvalue weighted by atomic mass is 10.00. The summed E-state index contributed by atoms with van der Waals surface area (Å²) in [5.74, 6) is -6.31. The van der Waals surface area contributed by atoms with Gasteiger partial charge in [-0.25, -0.2) is 9.59 Å².